The minimum absolute atomic E-state index is 0.0885. The van der Waals surface area contributed by atoms with Gasteiger partial charge in [-0.2, -0.15) is 0 Å². The highest BCUT2D eigenvalue weighted by atomic mass is 32.2. The monoisotopic (exact) mass is 315 g/mol. The van der Waals surface area contributed by atoms with Gasteiger partial charge in [0.25, 0.3) is 5.91 Å². The third-order valence-electron chi connectivity index (χ3n) is 2.85. The molecule has 3 rings (SSSR count). The lowest BCUT2D eigenvalue weighted by Crippen LogP contribution is -2.19. The largest absolute Gasteiger partial charge is 0.457 e. The fourth-order valence-electron chi connectivity index (χ4n) is 1.93. The van der Waals surface area contributed by atoms with Crippen molar-refractivity contribution < 1.29 is 9.53 Å². The van der Waals surface area contributed by atoms with Gasteiger partial charge in [-0.05, 0) is 35.9 Å². The summed E-state index contributed by atoms with van der Waals surface area (Å²) in [7, 11) is 0. The molecular formula is C16H13NO2S2. The molecule has 2 aromatic rings. The third kappa shape index (κ3) is 3.62. The van der Waals surface area contributed by atoms with E-state index in [1.165, 1.54) is 11.8 Å². The van der Waals surface area contributed by atoms with Crippen molar-refractivity contribution in [3.05, 3.63) is 65.1 Å². The van der Waals surface area contributed by atoms with E-state index in [1.807, 2.05) is 60.7 Å². The number of nitrogens with one attached hydrogen (secondary N) is 1. The molecule has 0 bridgehead atoms. The molecule has 1 aliphatic rings. The number of carbonyl (C=O) groups excluding carboxylic acids is 1. The highest BCUT2D eigenvalue weighted by molar-refractivity contribution is 8.14. The van der Waals surface area contributed by atoms with Crippen molar-refractivity contribution in [2.24, 2.45) is 0 Å². The molecule has 106 valence electrons. The number of thioether (sulfide) groups is 1. The van der Waals surface area contributed by atoms with Gasteiger partial charge in [0.05, 0.1) is 4.91 Å². The first kappa shape index (κ1) is 14.1. The Kier molecular flexibility index (Phi) is 4.22. The Morgan fingerprint density at radius 1 is 1.10 bits per heavy atom. The molecule has 2 aromatic carbocycles. The molecule has 1 heterocycles. The predicted molar refractivity (Wildman–Crippen MR) is 89.4 cm³/mol. The summed E-state index contributed by atoms with van der Waals surface area (Å²) < 4.78 is 5.61. The van der Waals surface area contributed by atoms with Gasteiger partial charge in [-0.1, -0.05) is 42.1 Å². The second kappa shape index (κ2) is 6.28. The molecule has 5 heteroatoms. The van der Waals surface area contributed by atoms with E-state index in [-0.39, 0.29) is 10.6 Å². The summed E-state index contributed by atoms with van der Waals surface area (Å²) in [6.45, 7) is 0. The van der Waals surface area contributed by atoms with E-state index in [9.17, 15) is 4.79 Å². The zero-order valence-electron chi connectivity index (χ0n) is 11.0. The van der Waals surface area contributed by atoms with Crippen LogP contribution in [0, 0.1) is 0 Å². The summed E-state index contributed by atoms with van der Waals surface area (Å²) in [5, 5.41) is 2.73. The summed E-state index contributed by atoms with van der Waals surface area (Å²) in [4.78, 5) is 12.3. The zero-order valence-corrected chi connectivity index (χ0v) is 12.7. The Labute approximate surface area is 132 Å². The maximum atomic E-state index is 11.7. The number of rotatable bonds is 3. The van der Waals surface area contributed by atoms with E-state index in [1.54, 1.807) is 0 Å². The Morgan fingerprint density at radius 3 is 2.57 bits per heavy atom. The Balaban J connectivity index is 1.81. The van der Waals surface area contributed by atoms with Gasteiger partial charge in [0.15, 0.2) is 0 Å². The predicted octanol–water partition coefficient (Wildman–Crippen LogP) is 3.90. The van der Waals surface area contributed by atoms with E-state index in [4.69, 9.17) is 4.74 Å². The van der Waals surface area contributed by atoms with Gasteiger partial charge in [-0.15, -0.1) is 12.6 Å². The Bertz CT molecular complexity index is 686. The molecule has 1 fully saturated rings. The van der Waals surface area contributed by atoms with Crippen molar-refractivity contribution in [3.63, 3.8) is 0 Å². The summed E-state index contributed by atoms with van der Waals surface area (Å²) in [6, 6.07) is 17.2. The van der Waals surface area contributed by atoms with Crippen LogP contribution in [0.15, 0.2) is 59.5 Å². The number of amides is 1. The molecule has 3 nitrogen and oxygen atoms in total. The maximum absolute atomic E-state index is 11.7. The second-order valence-electron chi connectivity index (χ2n) is 4.44. The molecule has 1 N–H and O–H groups in total. The quantitative estimate of drug-likeness (QED) is 0.666. The van der Waals surface area contributed by atoms with Crippen LogP contribution in [0.25, 0.3) is 6.08 Å². The van der Waals surface area contributed by atoms with Crippen LogP contribution in [0.2, 0.25) is 0 Å². The molecule has 0 spiro atoms. The SMILES string of the molecule is O=C1NC(S)S/C1=C\c1cccc(Oc2ccccc2)c1. The van der Waals surface area contributed by atoms with Crippen LogP contribution in [0.1, 0.15) is 5.56 Å². The first-order chi connectivity index (χ1) is 10.2. The normalized spacial score (nSPS) is 19.6. The fraction of sp³-hybridized carbons (Fsp3) is 0.0625. The molecule has 1 saturated heterocycles. The molecule has 1 unspecified atom stereocenters. The second-order valence-corrected chi connectivity index (χ2v) is 6.45. The van der Waals surface area contributed by atoms with E-state index in [2.05, 4.69) is 17.9 Å². The molecule has 1 amide bonds. The van der Waals surface area contributed by atoms with Gasteiger partial charge in [0.1, 0.15) is 16.2 Å². The van der Waals surface area contributed by atoms with Crippen LogP contribution < -0.4 is 10.1 Å². The van der Waals surface area contributed by atoms with E-state index in [0.29, 0.717) is 4.91 Å². The number of benzene rings is 2. The lowest BCUT2D eigenvalue weighted by Gasteiger charge is -2.06. The van der Waals surface area contributed by atoms with Crippen molar-refractivity contribution in [2.75, 3.05) is 0 Å². The average molecular weight is 315 g/mol. The number of thiol groups is 1. The topological polar surface area (TPSA) is 38.3 Å². The zero-order chi connectivity index (χ0) is 14.7. The summed E-state index contributed by atoms with van der Waals surface area (Å²) in [6.07, 6.45) is 1.84. The first-order valence-electron chi connectivity index (χ1n) is 6.41. The van der Waals surface area contributed by atoms with Crippen molar-refractivity contribution in [3.8, 4) is 11.5 Å². The smallest absolute Gasteiger partial charge is 0.259 e. The maximum Gasteiger partial charge on any atom is 0.259 e. The molecule has 1 atom stereocenters. The summed E-state index contributed by atoms with van der Waals surface area (Å²) >= 11 is 5.63. The summed E-state index contributed by atoms with van der Waals surface area (Å²) in [5.74, 6) is 1.43. The van der Waals surface area contributed by atoms with Crippen LogP contribution in [0.5, 0.6) is 11.5 Å². The van der Waals surface area contributed by atoms with E-state index < -0.39 is 0 Å². The van der Waals surface area contributed by atoms with Crippen molar-refractivity contribution in [1.82, 2.24) is 5.32 Å². The number of hydrogen-bond donors (Lipinski definition) is 2. The minimum atomic E-state index is -0.174. The number of para-hydroxylation sites is 1. The standard InChI is InChI=1S/C16H13NO2S2/c18-15-14(21-16(20)17-15)10-11-5-4-8-13(9-11)19-12-6-2-1-3-7-12/h1-10,16,20H,(H,17,18)/b14-10-. The third-order valence-corrected chi connectivity index (χ3v) is 4.20. The minimum Gasteiger partial charge on any atom is -0.457 e. The molecule has 1 aliphatic heterocycles. The van der Waals surface area contributed by atoms with Crippen LogP contribution in [-0.4, -0.2) is 10.6 Å². The van der Waals surface area contributed by atoms with Gasteiger partial charge < -0.3 is 10.1 Å². The summed E-state index contributed by atoms with van der Waals surface area (Å²) in [5.41, 5.74) is 0.920. The Morgan fingerprint density at radius 2 is 1.86 bits per heavy atom. The van der Waals surface area contributed by atoms with Gasteiger partial charge in [-0.25, -0.2) is 0 Å². The van der Waals surface area contributed by atoms with Crippen LogP contribution in [0.4, 0.5) is 0 Å². The van der Waals surface area contributed by atoms with E-state index >= 15 is 0 Å². The lowest BCUT2D eigenvalue weighted by molar-refractivity contribution is -0.116. The van der Waals surface area contributed by atoms with Crippen molar-refractivity contribution >= 4 is 36.4 Å². The molecule has 0 saturated carbocycles. The molecule has 0 aromatic heterocycles. The van der Waals surface area contributed by atoms with E-state index in [0.717, 1.165) is 17.1 Å². The van der Waals surface area contributed by atoms with Gasteiger partial charge >= 0.3 is 0 Å². The highest BCUT2D eigenvalue weighted by Gasteiger charge is 2.24. The number of carbonyl (C=O) groups is 1. The average Bonchev–Trinajstić information content (AvgIpc) is 2.78. The lowest BCUT2D eigenvalue weighted by atomic mass is 10.2. The van der Waals surface area contributed by atoms with Gasteiger partial charge in [-0.3, -0.25) is 4.79 Å². The molecular weight excluding hydrogens is 302 g/mol. The molecule has 21 heavy (non-hydrogen) atoms. The molecule has 0 aliphatic carbocycles. The number of ether oxygens (including phenoxy) is 1. The van der Waals surface area contributed by atoms with Crippen LogP contribution >= 0.6 is 24.4 Å². The van der Waals surface area contributed by atoms with Crippen molar-refractivity contribution in [1.29, 1.82) is 0 Å². The number of hydrogen-bond acceptors (Lipinski definition) is 4. The fourth-order valence-corrected chi connectivity index (χ4v) is 3.16. The van der Waals surface area contributed by atoms with Crippen LogP contribution in [-0.2, 0) is 4.79 Å². The van der Waals surface area contributed by atoms with Gasteiger partial charge in [0, 0.05) is 0 Å². The molecule has 0 radical (unpaired) electrons. The van der Waals surface area contributed by atoms with Crippen LogP contribution in [0.3, 0.4) is 0 Å². The Hall–Kier alpha value is -1.85. The van der Waals surface area contributed by atoms with Crippen molar-refractivity contribution in [2.45, 2.75) is 4.71 Å². The highest BCUT2D eigenvalue weighted by Crippen LogP contribution is 2.31. The first-order valence-corrected chi connectivity index (χ1v) is 7.80. The van der Waals surface area contributed by atoms with Gasteiger partial charge in [0.2, 0.25) is 0 Å².